The molecule has 0 aliphatic heterocycles. The fourth-order valence-corrected chi connectivity index (χ4v) is 3.92. The van der Waals surface area contributed by atoms with Crippen molar-refractivity contribution >= 4 is 28.3 Å². The number of aryl methyl sites for hydroxylation is 1. The summed E-state index contributed by atoms with van der Waals surface area (Å²) >= 11 is 0. The number of carbonyl (C=O) groups excluding carboxylic acids is 2. The summed E-state index contributed by atoms with van der Waals surface area (Å²) in [5, 5.41) is 7.92. The van der Waals surface area contributed by atoms with Gasteiger partial charge in [0.05, 0.1) is 11.1 Å². The van der Waals surface area contributed by atoms with Crippen LogP contribution in [-0.2, 0) is 9.53 Å². The highest BCUT2D eigenvalue weighted by Gasteiger charge is 2.24. The fraction of sp³-hybridized carbons (Fsp3) is 0.214. The monoisotopic (exact) mass is 469 g/mol. The first-order valence-electron chi connectivity index (χ1n) is 11.5. The normalized spacial score (nSPS) is 11.9. The molecule has 1 N–H and O–H groups in total. The number of amides is 1. The van der Waals surface area contributed by atoms with Gasteiger partial charge in [0.25, 0.3) is 11.5 Å². The van der Waals surface area contributed by atoms with Crippen molar-refractivity contribution in [2.24, 2.45) is 0 Å². The van der Waals surface area contributed by atoms with Crippen LogP contribution in [0.25, 0.3) is 16.5 Å². The first-order chi connectivity index (χ1) is 16.8. The maximum atomic E-state index is 13.2. The zero-order valence-corrected chi connectivity index (χ0v) is 20.1. The average molecular weight is 470 g/mol. The van der Waals surface area contributed by atoms with E-state index in [1.165, 1.54) is 11.6 Å². The maximum Gasteiger partial charge on any atom is 0.360 e. The van der Waals surface area contributed by atoms with Crippen molar-refractivity contribution in [3.63, 3.8) is 0 Å². The quantitative estimate of drug-likeness (QED) is 0.401. The molecular formula is C28H27N3O4. The molecule has 0 saturated carbocycles. The Morgan fingerprint density at radius 2 is 1.54 bits per heavy atom. The number of rotatable bonds is 6. The molecule has 1 atom stereocenters. The second-order valence-corrected chi connectivity index (χ2v) is 8.68. The first-order valence-corrected chi connectivity index (χ1v) is 11.5. The topological polar surface area (TPSA) is 90.3 Å². The van der Waals surface area contributed by atoms with Gasteiger partial charge in [0, 0.05) is 11.1 Å². The Morgan fingerprint density at radius 1 is 0.886 bits per heavy atom. The number of benzene rings is 3. The van der Waals surface area contributed by atoms with Gasteiger partial charge < -0.3 is 10.1 Å². The van der Waals surface area contributed by atoms with Crippen molar-refractivity contribution in [3.8, 4) is 5.69 Å². The Labute approximate surface area is 203 Å². The number of nitrogens with zero attached hydrogens (tertiary/aromatic N) is 2. The van der Waals surface area contributed by atoms with Gasteiger partial charge in [-0.2, -0.15) is 9.78 Å². The van der Waals surface area contributed by atoms with Crippen molar-refractivity contribution in [1.82, 2.24) is 9.78 Å². The highest BCUT2D eigenvalue weighted by atomic mass is 16.5. The third kappa shape index (κ3) is 4.84. The molecule has 0 fully saturated rings. The highest BCUT2D eigenvalue weighted by Crippen LogP contribution is 2.27. The van der Waals surface area contributed by atoms with Gasteiger partial charge in [-0.15, -0.1) is 0 Å². The van der Waals surface area contributed by atoms with Gasteiger partial charge in [0.2, 0.25) is 0 Å². The Balaban J connectivity index is 1.65. The number of carbonyl (C=O) groups is 2. The van der Waals surface area contributed by atoms with Crippen LogP contribution in [0.1, 0.15) is 48.3 Å². The molecule has 7 nitrogen and oxygen atoms in total. The number of hydrogen-bond donors (Lipinski definition) is 1. The molecule has 0 saturated heterocycles. The summed E-state index contributed by atoms with van der Waals surface area (Å²) in [5.74, 6) is -1.03. The van der Waals surface area contributed by atoms with Gasteiger partial charge in [0.1, 0.15) is 0 Å². The second-order valence-electron chi connectivity index (χ2n) is 8.68. The SMILES string of the molecule is Cc1cccc(C(C)C)c1NC(=O)C(C)OC(=O)c1nn(-c2ccccc2)c(=O)c2ccccc12. The summed E-state index contributed by atoms with van der Waals surface area (Å²) in [5.41, 5.74) is 2.77. The average Bonchev–Trinajstić information content (AvgIpc) is 2.85. The molecule has 7 heteroatoms. The molecule has 178 valence electrons. The summed E-state index contributed by atoms with van der Waals surface area (Å²) in [6.45, 7) is 7.52. The van der Waals surface area contributed by atoms with Crippen LogP contribution in [0.15, 0.2) is 77.6 Å². The van der Waals surface area contributed by atoms with Gasteiger partial charge in [-0.1, -0.05) is 68.4 Å². The molecule has 4 rings (SSSR count). The van der Waals surface area contributed by atoms with Crippen LogP contribution in [0.2, 0.25) is 0 Å². The number of hydrogen-bond acceptors (Lipinski definition) is 5. The third-order valence-electron chi connectivity index (χ3n) is 5.83. The molecule has 1 unspecified atom stereocenters. The van der Waals surface area contributed by atoms with E-state index in [-0.39, 0.29) is 17.2 Å². The summed E-state index contributed by atoms with van der Waals surface area (Å²) in [6, 6.07) is 21.4. The van der Waals surface area contributed by atoms with Gasteiger partial charge in [-0.3, -0.25) is 9.59 Å². The third-order valence-corrected chi connectivity index (χ3v) is 5.83. The highest BCUT2D eigenvalue weighted by molar-refractivity contribution is 6.04. The molecule has 35 heavy (non-hydrogen) atoms. The molecule has 3 aromatic carbocycles. The number of esters is 1. The summed E-state index contributed by atoms with van der Waals surface area (Å²) in [4.78, 5) is 39.2. The molecule has 1 heterocycles. The largest absolute Gasteiger partial charge is 0.448 e. The lowest BCUT2D eigenvalue weighted by molar-refractivity contribution is -0.123. The molecule has 0 spiro atoms. The Hall–Kier alpha value is -4.26. The van der Waals surface area contributed by atoms with E-state index in [9.17, 15) is 14.4 Å². The van der Waals surface area contributed by atoms with Crippen LogP contribution in [-0.4, -0.2) is 27.8 Å². The molecule has 0 bridgehead atoms. The zero-order chi connectivity index (χ0) is 25.1. The van der Waals surface area contributed by atoms with E-state index in [0.717, 1.165) is 16.8 Å². The Kier molecular flexibility index (Phi) is 6.78. The zero-order valence-electron chi connectivity index (χ0n) is 20.1. The lowest BCUT2D eigenvalue weighted by Crippen LogP contribution is -2.32. The lowest BCUT2D eigenvalue weighted by Gasteiger charge is -2.19. The summed E-state index contributed by atoms with van der Waals surface area (Å²) in [6.07, 6.45) is -1.08. The number of anilines is 1. The fourth-order valence-electron chi connectivity index (χ4n) is 3.92. The Morgan fingerprint density at radius 3 is 2.23 bits per heavy atom. The van der Waals surface area contributed by atoms with Crippen molar-refractivity contribution in [2.45, 2.75) is 39.7 Å². The van der Waals surface area contributed by atoms with Crippen LogP contribution in [0, 0.1) is 6.92 Å². The summed E-state index contributed by atoms with van der Waals surface area (Å²) < 4.78 is 6.69. The van der Waals surface area contributed by atoms with Crippen LogP contribution in [0.3, 0.4) is 0 Å². The Bertz CT molecular complexity index is 1460. The number of ether oxygens (including phenoxy) is 1. The first kappa shape index (κ1) is 23.9. The van der Waals surface area contributed by atoms with E-state index < -0.39 is 18.0 Å². The standard InChI is InChI=1S/C28H27N3O4/c1-17(2)21-16-10-11-18(3)24(21)29-26(32)19(4)35-28(34)25-22-14-8-9-15-23(22)27(33)31(30-25)20-12-6-5-7-13-20/h5-17,19H,1-4H3,(H,29,32). The minimum atomic E-state index is -1.08. The second kappa shape index (κ2) is 9.93. The minimum absolute atomic E-state index is 0.0394. The van der Waals surface area contributed by atoms with E-state index in [2.05, 4.69) is 10.4 Å². The molecule has 1 aromatic heterocycles. The molecule has 4 aromatic rings. The molecule has 0 aliphatic rings. The summed E-state index contributed by atoms with van der Waals surface area (Å²) in [7, 11) is 0. The van der Waals surface area contributed by atoms with Crippen molar-refractivity contribution in [3.05, 3.63) is 100.0 Å². The molecule has 0 radical (unpaired) electrons. The molecular weight excluding hydrogens is 442 g/mol. The van der Waals surface area contributed by atoms with Crippen LogP contribution < -0.4 is 10.9 Å². The number of fused-ring (bicyclic) bond motifs is 1. The number of aromatic nitrogens is 2. The van der Waals surface area contributed by atoms with Crippen LogP contribution in [0.5, 0.6) is 0 Å². The number of nitrogens with one attached hydrogen (secondary N) is 1. The van der Waals surface area contributed by atoms with E-state index in [4.69, 9.17) is 4.74 Å². The van der Waals surface area contributed by atoms with E-state index >= 15 is 0 Å². The maximum absolute atomic E-state index is 13.2. The number of para-hydroxylation sites is 2. The molecule has 1 amide bonds. The van der Waals surface area contributed by atoms with Crippen molar-refractivity contribution in [2.75, 3.05) is 5.32 Å². The minimum Gasteiger partial charge on any atom is -0.448 e. The van der Waals surface area contributed by atoms with E-state index in [1.807, 2.05) is 45.0 Å². The smallest absolute Gasteiger partial charge is 0.360 e. The van der Waals surface area contributed by atoms with Gasteiger partial charge >= 0.3 is 5.97 Å². The van der Waals surface area contributed by atoms with Gasteiger partial charge in [0.15, 0.2) is 11.8 Å². The van der Waals surface area contributed by atoms with Crippen molar-refractivity contribution in [1.29, 1.82) is 0 Å². The van der Waals surface area contributed by atoms with E-state index in [1.54, 1.807) is 48.5 Å². The van der Waals surface area contributed by atoms with Gasteiger partial charge in [-0.25, -0.2) is 4.79 Å². The lowest BCUT2D eigenvalue weighted by atomic mass is 9.98. The predicted molar refractivity (Wildman–Crippen MR) is 136 cm³/mol. The molecule has 0 aliphatic carbocycles. The predicted octanol–water partition coefficient (Wildman–Crippen LogP) is 5.00. The van der Waals surface area contributed by atoms with E-state index in [0.29, 0.717) is 16.5 Å². The van der Waals surface area contributed by atoms with Crippen LogP contribution in [0.4, 0.5) is 5.69 Å². The van der Waals surface area contributed by atoms with Crippen molar-refractivity contribution < 1.29 is 14.3 Å². The van der Waals surface area contributed by atoms with Gasteiger partial charge in [-0.05, 0) is 49.1 Å². The van der Waals surface area contributed by atoms with Crippen LogP contribution >= 0.6 is 0 Å².